The van der Waals surface area contributed by atoms with Crippen LogP contribution in [-0.4, -0.2) is 67.0 Å². The molecule has 4 aromatic rings. The summed E-state index contributed by atoms with van der Waals surface area (Å²) in [6.07, 6.45) is 6.29. The first-order chi connectivity index (χ1) is 17.1. The van der Waals surface area contributed by atoms with Crippen LogP contribution in [0.1, 0.15) is 22.5 Å². The Balaban J connectivity index is 1.27. The van der Waals surface area contributed by atoms with Crippen molar-refractivity contribution in [1.82, 2.24) is 29.6 Å². The normalized spacial score (nSPS) is 15.3. The highest BCUT2D eigenvalue weighted by Crippen LogP contribution is 2.27. The third kappa shape index (κ3) is 5.08. The van der Waals surface area contributed by atoms with E-state index in [9.17, 15) is 18.4 Å². The molecule has 1 fully saturated rings. The van der Waals surface area contributed by atoms with Gasteiger partial charge >= 0.3 is 0 Å². The fourth-order valence-corrected chi connectivity index (χ4v) is 4.12. The molecule has 3 N–H and O–H groups in total. The largest absolute Gasteiger partial charge is 0.339 e. The highest BCUT2D eigenvalue weighted by atomic mass is 19.3. The molecule has 36 heavy (non-hydrogen) atoms. The van der Waals surface area contributed by atoms with E-state index in [1.165, 1.54) is 17.3 Å². The molecule has 2 amide bonds. The SMILES string of the molecule is Cc1ncc(NC(=O)CN2CCC(F)(F)C2)cc1NC(=O)c1cnc2[nH]c(-c3cnn(C)c3)cc2c1. The van der Waals surface area contributed by atoms with E-state index >= 15 is 0 Å². The van der Waals surface area contributed by atoms with Gasteiger partial charge in [-0.3, -0.25) is 24.2 Å². The lowest BCUT2D eigenvalue weighted by Crippen LogP contribution is -2.33. The number of anilines is 2. The minimum absolute atomic E-state index is 0.144. The molecule has 186 valence electrons. The van der Waals surface area contributed by atoms with Crippen molar-refractivity contribution in [3.05, 3.63) is 54.2 Å². The van der Waals surface area contributed by atoms with E-state index in [0.29, 0.717) is 28.3 Å². The maximum absolute atomic E-state index is 13.4. The zero-order valence-corrected chi connectivity index (χ0v) is 19.7. The maximum atomic E-state index is 13.4. The number of rotatable bonds is 6. The second-order valence-electron chi connectivity index (χ2n) is 8.92. The molecular weight excluding hydrogens is 470 g/mol. The molecule has 0 unspecified atom stereocenters. The second-order valence-corrected chi connectivity index (χ2v) is 8.92. The average Bonchev–Trinajstić information content (AvgIpc) is 3.53. The van der Waals surface area contributed by atoms with Gasteiger partial charge in [-0.15, -0.1) is 0 Å². The number of halogens is 2. The number of likely N-dealkylation sites (tertiary alicyclic amines) is 1. The molecule has 1 aliphatic heterocycles. The monoisotopic (exact) mass is 494 g/mol. The summed E-state index contributed by atoms with van der Waals surface area (Å²) in [5.74, 6) is -3.58. The smallest absolute Gasteiger partial charge is 0.261 e. The Hall–Kier alpha value is -4.19. The first kappa shape index (κ1) is 23.5. The van der Waals surface area contributed by atoms with Crippen LogP contribution in [-0.2, 0) is 11.8 Å². The van der Waals surface area contributed by atoms with Crippen LogP contribution < -0.4 is 10.6 Å². The highest BCUT2D eigenvalue weighted by Gasteiger charge is 2.38. The number of alkyl halides is 2. The van der Waals surface area contributed by atoms with Crippen LogP contribution in [0.2, 0.25) is 0 Å². The van der Waals surface area contributed by atoms with Gasteiger partial charge in [0.25, 0.3) is 11.8 Å². The molecule has 0 aromatic carbocycles. The van der Waals surface area contributed by atoms with Crippen molar-refractivity contribution in [3.8, 4) is 11.3 Å². The minimum Gasteiger partial charge on any atom is -0.339 e. The van der Waals surface area contributed by atoms with E-state index in [2.05, 4.69) is 30.7 Å². The zero-order valence-electron chi connectivity index (χ0n) is 19.7. The number of aryl methyl sites for hydroxylation is 2. The lowest BCUT2D eigenvalue weighted by Gasteiger charge is -2.15. The summed E-state index contributed by atoms with van der Waals surface area (Å²) >= 11 is 0. The summed E-state index contributed by atoms with van der Waals surface area (Å²) in [5, 5.41) is 10.4. The first-order valence-corrected chi connectivity index (χ1v) is 11.3. The third-order valence-corrected chi connectivity index (χ3v) is 5.98. The van der Waals surface area contributed by atoms with Gasteiger partial charge in [0.2, 0.25) is 5.91 Å². The molecule has 1 aliphatic rings. The van der Waals surface area contributed by atoms with Crippen molar-refractivity contribution in [1.29, 1.82) is 0 Å². The minimum atomic E-state index is -2.76. The van der Waals surface area contributed by atoms with Crippen LogP contribution in [0.5, 0.6) is 0 Å². The number of carbonyl (C=O) groups is 2. The van der Waals surface area contributed by atoms with Gasteiger partial charge in [0.1, 0.15) is 5.65 Å². The molecule has 0 atom stereocenters. The van der Waals surface area contributed by atoms with Crippen LogP contribution in [0.25, 0.3) is 22.3 Å². The van der Waals surface area contributed by atoms with E-state index in [4.69, 9.17) is 0 Å². The highest BCUT2D eigenvalue weighted by molar-refractivity contribution is 6.06. The molecule has 0 spiro atoms. The molecule has 0 bridgehead atoms. The lowest BCUT2D eigenvalue weighted by atomic mass is 10.2. The fourth-order valence-electron chi connectivity index (χ4n) is 4.12. The molecule has 12 heteroatoms. The van der Waals surface area contributed by atoms with Crippen LogP contribution >= 0.6 is 0 Å². The fraction of sp³-hybridized carbons (Fsp3) is 0.292. The Labute approximate surface area is 204 Å². The van der Waals surface area contributed by atoms with Gasteiger partial charge < -0.3 is 15.6 Å². The van der Waals surface area contributed by atoms with E-state index in [1.54, 1.807) is 29.9 Å². The molecule has 1 saturated heterocycles. The van der Waals surface area contributed by atoms with Crippen molar-refractivity contribution < 1.29 is 18.4 Å². The Kier molecular flexibility index (Phi) is 5.96. The Morgan fingerprint density at radius 1 is 1.14 bits per heavy atom. The first-order valence-electron chi connectivity index (χ1n) is 11.3. The number of amides is 2. The summed E-state index contributed by atoms with van der Waals surface area (Å²) in [7, 11) is 1.83. The van der Waals surface area contributed by atoms with Crippen molar-refractivity contribution in [3.63, 3.8) is 0 Å². The number of nitrogens with one attached hydrogen (secondary N) is 3. The molecule has 5 rings (SSSR count). The second kappa shape index (κ2) is 9.11. The summed E-state index contributed by atoms with van der Waals surface area (Å²) in [6.45, 7) is 1.31. The standard InChI is InChI=1S/C24H24F2N8O2/c1-14-19(7-18(10-27-14)30-21(35)12-34-4-3-24(25,26)13-34)32-23(36)16-5-15-6-20(31-22(15)28-8-16)17-9-29-33(2)11-17/h5-11H,3-4,12-13H2,1-2H3,(H,28,31)(H,30,35)(H,32,36). The summed E-state index contributed by atoms with van der Waals surface area (Å²) < 4.78 is 28.4. The van der Waals surface area contributed by atoms with E-state index in [-0.39, 0.29) is 25.4 Å². The number of nitrogens with zero attached hydrogens (tertiary/aromatic N) is 5. The Morgan fingerprint density at radius 3 is 2.69 bits per heavy atom. The summed E-state index contributed by atoms with van der Waals surface area (Å²) in [6, 6.07) is 5.21. The number of hydrogen-bond acceptors (Lipinski definition) is 6. The van der Waals surface area contributed by atoms with E-state index in [1.807, 2.05) is 19.3 Å². The molecule has 4 aromatic heterocycles. The Morgan fingerprint density at radius 2 is 1.97 bits per heavy atom. The van der Waals surface area contributed by atoms with Gasteiger partial charge in [-0.2, -0.15) is 5.10 Å². The number of pyridine rings is 2. The molecule has 0 saturated carbocycles. The maximum Gasteiger partial charge on any atom is 0.261 e. The number of hydrogen-bond donors (Lipinski definition) is 3. The number of aromatic nitrogens is 5. The zero-order chi connectivity index (χ0) is 25.4. The summed E-state index contributed by atoms with van der Waals surface area (Å²) in [5.41, 5.74) is 4.05. The van der Waals surface area contributed by atoms with Crippen molar-refractivity contribution in [2.45, 2.75) is 19.3 Å². The van der Waals surface area contributed by atoms with Gasteiger partial charge in [-0.25, -0.2) is 13.8 Å². The Bertz CT molecular complexity index is 1460. The predicted molar refractivity (Wildman–Crippen MR) is 130 cm³/mol. The van der Waals surface area contributed by atoms with Crippen LogP contribution in [0.15, 0.2) is 43.0 Å². The molecule has 0 radical (unpaired) electrons. The number of fused-ring (bicyclic) bond motifs is 1. The molecule has 5 heterocycles. The van der Waals surface area contributed by atoms with Gasteiger partial charge in [-0.05, 0) is 25.1 Å². The van der Waals surface area contributed by atoms with Crippen molar-refractivity contribution >= 4 is 34.2 Å². The van der Waals surface area contributed by atoms with Crippen LogP contribution in [0, 0.1) is 6.92 Å². The van der Waals surface area contributed by atoms with Gasteiger partial charge in [0, 0.05) is 43.4 Å². The molecule has 10 nitrogen and oxygen atoms in total. The van der Waals surface area contributed by atoms with Gasteiger partial charge in [0.05, 0.1) is 53.8 Å². The predicted octanol–water partition coefficient (Wildman–Crippen LogP) is 3.20. The van der Waals surface area contributed by atoms with Crippen LogP contribution in [0.3, 0.4) is 0 Å². The van der Waals surface area contributed by atoms with Gasteiger partial charge in [-0.1, -0.05) is 0 Å². The van der Waals surface area contributed by atoms with Gasteiger partial charge in [0.15, 0.2) is 0 Å². The van der Waals surface area contributed by atoms with Crippen LogP contribution in [0.4, 0.5) is 20.2 Å². The number of aromatic amines is 1. The number of H-pyrrole nitrogens is 1. The molecular formula is C24H24F2N8O2. The van der Waals surface area contributed by atoms with Crippen molar-refractivity contribution in [2.24, 2.45) is 7.05 Å². The average molecular weight is 495 g/mol. The summed E-state index contributed by atoms with van der Waals surface area (Å²) in [4.78, 5) is 38.5. The number of carbonyl (C=O) groups excluding carboxylic acids is 2. The molecule has 0 aliphatic carbocycles. The van der Waals surface area contributed by atoms with E-state index < -0.39 is 18.4 Å². The quantitative estimate of drug-likeness (QED) is 0.379. The van der Waals surface area contributed by atoms with Crippen molar-refractivity contribution in [2.75, 3.05) is 30.3 Å². The van der Waals surface area contributed by atoms with E-state index in [0.717, 1.165) is 16.6 Å². The lowest BCUT2D eigenvalue weighted by molar-refractivity contribution is -0.117. The third-order valence-electron chi connectivity index (χ3n) is 5.98. The topological polar surface area (TPSA) is 121 Å².